The molecule has 31 heavy (non-hydrogen) atoms. The van der Waals surface area contributed by atoms with Gasteiger partial charge in [-0.05, 0) is 79.8 Å². The van der Waals surface area contributed by atoms with Gasteiger partial charge in [-0.15, -0.1) is 0 Å². The number of halogens is 1. The molecule has 1 aliphatic heterocycles. The van der Waals surface area contributed by atoms with Crippen molar-refractivity contribution in [1.29, 1.82) is 0 Å². The zero-order valence-corrected chi connectivity index (χ0v) is 17.6. The minimum atomic E-state index is -0.276. The summed E-state index contributed by atoms with van der Waals surface area (Å²) in [6.07, 6.45) is 1.78. The number of nitrogens with zero attached hydrogens (tertiary/aromatic N) is 2. The Balaban J connectivity index is 1.59. The van der Waals surface area contributed by atoms with Gasteiger partial charge in [0.15, 0.2) is 5.11 Å². The van der Waals surface area contributed by atoms with Gasteiger partial charge < -0.3 is 14.6 Å². The highest BCUT2D eigenvalue weighted by molar-refractivity contribution is 7.80. The van der Waals surface area contributed by atoms with Crippen LogP contribution in [-0.2, 0) is 0 Å². The number of pyridine rings is 1. The highest BCUT2D eigenvalue weighted by atomic mass is 32.1. The van der Waals surface area contributed by atoms with E-state index in [0.29, 0.717) is 10.9 Å². The number of thiocarbonyl (C=S) groups is 1. The molecule has 1 aliphatic rings. The van der Waals surface area contributed by atoms with E-state index >= 15 is 0 Å². The standard InChI is InChI=1S/C25H20FN3OS/c1-16-5-11-19(12-6-16)29-24(23(28-25(29)31)20-4-2-3-15-27-20)22-14-13-21(30-22)17-7-9-18(26)10-8-17/h2-15,23-24H,1H3,(H,28,31)/t23-,24+/m0/s1. The van der Waals surface area contributed by atoms with Crippen LogP contribution in [-0.4, -0.2) is 10.1 Å². The second kappa shape index (κ2) is 7.96. The van der Waals surface area contributed by atoms with E-state index in [0.717, 1.165) is 22.7 Å². The topological polar surface area (TPSA) is 41.3 Å². The summed E-state index contributed by atoms with van der Waals surface area (Å²) in [6.45, 7) is 2.06. The summed E-state index contributed by atoms with van der Waals surface area (Å²) < 4.78 is 19.6. The number of anilines is 1. The highest BCUT2D eigenvalue weighted by Crippen LogP contribution is 2.42. The summed E-state index contributed by atoms with van der Waals surface area (Å²) in [5, 5.41) is 4.04. The van der Waals surface area contributed by atoms with Gasteiger partial charge in [-0.2, -0.15) is 0 Å². The van der Waals surface area contributed by atoms with Crippen LogP contribution >= 0.6 is 12.2 Å². The fourth-order valence-electron chi connectivity index (χ4n) is 3.91. The molecule has 2 aromatic heterocycles. The first-order chi connectivity index (χ1) is 15.1. The van der Waals surface area contributed by atoms with Crippen molar-refractivity contribution in [3.63, 3.8) is 0 Å². The normalized spacial score (nSPS) is 18.3. The van der Waals surface area contributed by atoms with Gasteiger partial charge in [-0.3, -0.25) is 4.98 Å². The van der Waals surface area contributed by atoms with Gasteiger partial charge in [-0.1, -0.05) is 23.8 Å². The quantitative estimate of drug-likeness (QED) is 0.405. The van der Waals surface area contributed by atoms with Gasteiger partial charge in [0.05, 0.1) is 11.7 Å². The smallest absolute Gasteiger partial charge is 0.174 e. The van der Waals surface area contributed by atoms with Crippen molar-refractivity contribution in [3.05, 3.63) is 108 Å². The van der Waals surface area contributed by atoms with E-state index in [9.17, 15) is 4.39 Å². The van der Waals surface area contributed by atoms with E-state index in [-0.39, 0.29) is 17.9 Å². The van der Waals surface area contributed by atoms with E-state index in [1.54, 1.807) is 18.3 Å². The third kappa shape index (κ3) is 3.70. The molecular formula is C25H20FN3OS. The first kappa shape index (κ1) is 19.5. The van der Waals surface area contributed by atoms with Crippen molar-refractivity contribution >= 4 is 23.0 Å². The van der Waals surface area contributed by atoms with Crippen LogP contribution in [0.4, 0.5) is 10.1 Å². The molecule has 5 rings (SSSR count). The number of aryl methyl sites for hydroxylation is 1. The van der Waals surface area contributed by atoms with Gasteiger partial charge in [0, 0.05) is 17.4 Å². The molecule has 0 radical (unpaired) electrons. The van der Waals surface area contributed by atoms with Crippen LogP contribution in [0.1, 0.15) is 29.1 Å². The second-order valence-electron chi connectivity index (χ2n) is 7.54. The van der Waals surface area contributed by atoms with Crippen LogP contribution in [0.3, 0.4) is 0 Å². The highest BCUT2D eigenvalue weighted by Gasteiger charge is 2.42. The molecule has 4 aromatic rings. The molecular weight excluding hydrogens is 409 g/mol. The first-order valence-electron chi connectivity index (χ1n) is 10.0. The minimum Gasteiger partial charge on any atom is -0.459 e. The summed E-state index contributed by atoms with van der Waals surface area (Å²) in [6, 6.07) is 23.8. The van der Waals surface area contributed by atoms with Gasteiger partial charge in [-0.25, -0.2) is 4.39 Å². The molecule has 2 aromatic carbocycles. The van der Waals surface area contributed by atoms with Crippen molar-refractivity contribution in [2.75, 3.05) is 4.90 Å². The Bertz CT molecular complexity index is 1210. The number of benzene rings is 2. The maximum atomic E-state index is 13.3. The molecule has 0 aliphatic carbocycles. The number of hydrogen-bond donors (Lipinski definition) is 1. The maximum absolute atomic E-state index is 13.3. The summed E-state index contributed by atoms with van der Waals surface area (Å²) in [5.41, 5.74) is 3.85. The van der Waals surface area contributed by atoms with Crippen LogP contribution in [0.2, 0.25) is 0 Å². The lowest BCUT2D eigenvalue weighted by atomic mass is 10.0. The maximum Gasteiger partial charge on any atom is 0.174 e. The number of rotatable bonds is 4. The monoisotopic (exact) mass is 429 g/mol. The summed E-state index contributed by atoms with van der Waals surface area (Å²) in [5.74, 6) is 1.15. The van der Waals surface area contributed by atoms with Gasteiger partial charge in [0.1, 0.15) is 23.4 Å². The molecule has 6 heteroatoms. The molecule has 3 heterocycles. The average Bonchev–Trinajstić information content (AvgIpc) is 3.40. The molecule has 0 unspecified atom stereocenters. The minimum absolute atomic E-state index is 0.178. The van der Waals surface area contributed by atoms with Gasteiger partial charge in [0.25, 0.3) is 0 Å². The predicted octanol–water partition coefficient (Wildman–Crippen LogP) is 5.97. The molecule has 2 atom stereocenters. The molecule has 4 nitrogen and oxygen atoms in total. The molecule has 0 saturated carbocycles. The van der Waals surface area contributed by atoms with Crippen LogP contribution in [0, 0.1) is 12.7 Å². The van der Waals surface area contributed by atoms with Gasteiger partial charge in [0.2, 0.25) is 0 Å². The molecule has 154 valence electrons. The van der Waals surface area contributed by atoms with E-state index < -0.39 is 0 Å². The van der Waals surface area contributed by atoms with Crippen molar-refractivity contribution < 1.29 is 8.81 Å². The Hall–Kier alpha value is -3.51. The lowest BCUT2D eigenvalue weighted by Gasteiger charge is -2.26. The Kier molecular flexibility index (Phi) is 5.00. The first-order valence-corrected chi connectivity index (χ1v) is 10.4. The molecule has 0 bridgehead atoms. The largest absolute Gasteiger partial charge is 0.459 e. The number of hydrogen-bond acceptors (Lipinski definition) is 3. The zero-order valence-electron chi connectivity index (χ0n) is 16.8. The molecule has 0 spiro atoms. The Labute approximate surface area is 185 Å². The third-order valence-corrected chi connectivity index (χ3v) is 5.77. The van der Waals surface area contributed by atoms with Crippen molar-refractivity contribution in [2.24, 2.45) is 0 Å². The molecule has 1 saturated heterocycles. The van der Waals surface area contributed by atoms with E-state index in [1.807, 2.05) is 30.3 Å². The summed E-state index contributed by atoms with van der Waals surface area (Å²) in [7, 11) is 0. The molecule has 0 amide bonds. The summed E-state index contributed by atoms with van der Waals surface area (Å²) >= 11 is 5.73. The van der Waals surface area contributed by atoms with E-state index in [4.69, 9.17) is 16.6 Å². The SMILES string of the molecule is Cc1ccc(N2C(=S)N[C@@H](c3ccccn3)[C@H]2c2ccc(-c3ccc(F)cc3)o2)cc1. The van der Waals surface area contributed by atoms with Crippen molar-refractivity contribution in [3.8, 4) is 11.3 Å². The second-order valence-corrected chi connectivity index (χ2v) is 7.93. The Morgan fingerprint density at radius 2 is 1.74 bits per heavy atom. The van der Waals surface area contributed by atoms with Crippen LogP contribution in [0.5, 0.6) is 0 Å². The fraction of sp³-hybridized carbons (Fsp3) is 0.120. The number of furan rings is 1. The zero-order chi connectivity index (χ0) is 21.4. The van der Waals surface area contributed by atoms with Gasteiger partial charge >= 0.3 is 0 Å². The lowest BCUT2D eigenvalue weighted by Crippen LogP contribution is -2.29. The Morgan fingerprint density at radius 3 is 2.45 bits per heavy atom. The van der Waals surface area contributed by atoms with Crippen molar-refractivity contribution in [1.82, 2.24) is 10.3 Å². The number of aromatic nitrogens is 1. The number of nitrogens with one attached hydrogen (secondary N) is 1. The van der Waals surface area contributed by atoms with Crippen LogP contribution in [0.15, 0.2) is 89.5 Å². The van der Waals surface area contributed by atoms with Crippen LogP contribution in [0.25, 0.3) is 11.3 Å². The third-order valence-electron chi connectivity index (χ3n) is 5.46. The Morgan fingerprint density at radius 1 is 0.968 bits per heavy atom. The lowest BCUT2D eigenvalue weighted by molar-refractivity contribution is 0.439. The van der Waals surface area contributed by atoms with E-state index in [2.05, 4.69) is 46.4 Å². The molecule has 1 N–H and O–H groups in total. The predicted molar refractivity (Wildman–Crippen MR) is 123 cm³/mol. The fourth-order valence-corrected chi connectivity index (χ4v) is 4.25. The molecule has 1 fully saturated rings. The van der Waals surface area contributed by atoms with Crippen molar-refractivity contribution in [2.45, 2.75) is 19.0 Å². The van der Waals surface area contributed by atoms with E-state index in [1.165, 1.54) is 17.7 Å². The van der Waals surface area contributed by atoms with Crippen LogP contribution < -0.4 is 10.2 Å². The summed E-state index contributed by atoms with van der Waals surface area (Å²) in [4.78, 5) is 6.63. The average molecular weight is 430 g/mol.